The summed E-state index contributed by atoms with van der Waals surface area (Å²) in [5, 5.41) is 12.0. The molecule has 1 fully saturated rings. The van der Waals surface area contributed by atoms with Crippen molar-refractivity contribution in [1.29, 1.82) is 0 Å². The van der Waals surface area contributed by atoms with E-state index >= 15 is 0 Å². The number of anilines is 1. The molecule has 3 aromatic carbocycles. The normalized spacial score (nSPS) is 16.8. The van der Waals surface area contributed by atoms with Crippen molar-refractivity contribution in [1.82, 2.24) is 4.90 Å². The topological polar surface area (TPSA) is 95.9 Å². The summed E-state index contributed by atoms with van der Waals surface area (Å²) in [5.41, 5.74) is 5.43. The molecule has 3 aromatic rings. The molecular weight excluding hydrogens is 444 g/mol. The maximum absolute atomic E-state index is 12.9. The van der Waals surface area contributed by atoms with Crippen LogP contribution in [0.1, 0.15) is 40.2 Å². The zero-order valence-electron chi connectivity index (χ0n) is 19.1. The number of rotatable bonds is 5. The number of hydrogen-bond acceptors (Lipinski definition) is 4. The van der Waals surface area contributed by atoms with Gasteiger partial charge in [0.25, 0.3) is 5.91 Å². The Bertz CT molecular complexity index is 1240. The van der Waals surface area contributed by atoms with Crippen molar-refractivity contribution in [2.45, 2.75) is 18.8 Å². The second kappa shape index (κ2) is 9.62. The molecule has 1 saturated heterocycles. The first-order chi connectivity index (χ1) is 17.0. The molecule has 7 heteroatoms. The Morgan fingerprint density at radius 1 is 0.943 bits per heavy atom. The third kappa shape index (κ3) is 4.62. The highest BCUT2D eigenvalue weighted by atomic mass is 16.5. The highest BCUT2D eigenvalue weighted by molar-refractivity contribution is 5.96. The van der Waals surface area contributed by atoms with Gasteiger partial charge in [0.15, 0.2) is 0 Å². The minimum atomic E-state index is -0.881. The van der Waals surface area contributed by atoms with Crippen LogP contribution in [0.3, 0.4) is 0 Å². The zero-order valence-corrected chi connectivity index (χ0v) is 19.1. The summed E-state index contributed by atoms with van der Waals surface area (Å²) in [6.45, 7) is 0.910. The quantitative estimate of drug-likeness (QED) is 0.548. The lowest BCUT2D eigenvalue weighted by atomic mass is 9.97. The molecule has 5 rings (SSSR count). The van der Waals surface area contributed by atoms with Gasteiger partial charge in [-0.3, -0.25) is 14.9 Å². The lowest BCUT2D eigenvalue weighted by molar-refractivity contribution is -0.143. The van der Waals surface area contributed by atoms with E-state index < -0.39 is 18.0 Å². The van der Waals surface area contributed by atoms with Crippen molar-refractivity contribution in [3.63, 3.8) is 0 Å². The van der Waals surface area contributed by atoms with Crippen molar-refractivity contribution in [3.8, 4) is 11.1 Å². The van der Waals surface area contributed by atoms with Crippen LogP contribution in [0.2, 0.25) is 0 Å². The number of likely N-dealkylation sites (tertiary alicyclic amines) is 1. The third-order valence-electron chi connectivity index (χ3n) is 6.76. The van der Waals surface area contributed by atoms with E-state index in [2.05, 4.69) is 29.6 Å². The number of fused-ring (bicyclic) bond motifs is 3. The summed E-state index contributed by atoms with van der Waals surface area (Å²) in [6, 6.07) is 22.9. The highest BCUT2D eigenvalue weighted by Gasteiger charge is 2.30. The molecular formula is C28H26N2O5. The van der Waals surface area contributed by atoms with Crippen molar-refractivity contribution >= 4 is 23.7 Å². The molecule has 0 bridgehead atoms. The number of piperidine rings is 1. The summed E-state index contributed by atoms with van der Waals surface area (Å²) in [6.07, 6.45) is 0.628. The number of nitrogens with one attached hydrogen (secondary N) is 1. The molecule has 0 saturated carbocycles. The number of carboxylic acids is 1. The minimum absolute atomic E-state index is 0.0395. The van der Waals surface area contributed by atoms with E-state index in [0.29, 0.717) is 30.6 Å². The van der Waals surface area contributed by atoms with E-state index in [0.717, 1.165) is 22.3 Å². The van der Waals surface area contributed by atoms with Gasteiger partial charge in [0, 0.05) is 30.3 Å². The Balaban J connectivity index is 1.23. The molecule has 35 heavy (non-hydrogen) atoms. The first-order valence-electron chi connectivity index (χ1n) is 11.8. The van der Waals surface area contributed by atoms with Crippen molar-refractivity contribution < 1.29 is 24.2 Å². The SMILES string of the molecule is O=C(Nc1cccc(C(=O)N2CCC[C@@H](C(=O)O)C2)c1)OCC1c2ccccc2-c2ccccc21. The lowest BCUT2D eigenvalue weighted by Gasteiger charge is -2.30. The van der Waals surface area contributed by atoms with E-state index in [-0.39, 0.29) is 25.0 Å². The van der Waals surface area contributed by atoms with Crippen LogP contribution >= 0.6 is 0 Å². The molecule has 2 N–H and O–H groups in total. The molecule has 1 aliphatic heterocycles. The monoisotopic (exact) mass is 470 g/mol. The molecule has 0 aromatic heterocycles. The Hall–Kier alpha value is -4.13. The Labute approximate surface area is 203 Å². The van der Waals surface area contributed by atoms with Crippen molar-refractivity contribution in [2.24, 2.45) is 5.92 Å². The van der Waals surface area contributed by atoms with Gasteiger partial charge >= 0.3 is 12.1 Å². The molecule has 178 valence electrons. The zero-order chi connectivity index (χ0) is 24.4. The first-order valence-corrected chi connectivity index (χ1v) is 11.8. The molecule has 0 unspecified atom stereocenters. The van der Waals surface area contributed by atoms with Crippen LogP contribution in [0.5, 0.6) is 0 Å². The summed E-state index contributed by atoms with van der Waals surface area (Å²) in [5.74, 6) is -1.71. The molecule has 2 amide bonds. The average Bonchev–Trinajstić information content (AvgIpc) is 3.21. The van der Waals surface area contributed by atoms with Gasteiger partial charge in [0.2, 0.25) is 0 Å². The predicted molar refractivity (Wildman–Crippen MR) is 131 cm³/mol. The van der Waals surface area contributed by atoms with Gasteiger partial charge in [-0.15, -0.1) is 0 Å². The van der Waals surface area contributed by atoms with E-state index in [1.54, 1.807) is 29.2 Å². The van der Waals surface area contributed by atoms with Crippen LogP contribution in [-0.2, 0) is 9.53 Å². The molecule has 7 nitrogen and oxygen atoms in total. The maximum Gasteiger partial charge on any atom is 0.411 e. The van der Waals surface area contributed by atoms with Crippen LogP contribution in [0.15, 0.2) is 72.8 Å². The van der Waals surface area contributed by atoms with Crippen LogP contribution < -0.4 is 5.32 Å². The number of ether oxygens (including phenoxy) is 1. The van der Waals surface area contributed by atoms with Crippen molar-refractivity contribution in [3.05, 3.63) is 89.5 Å². The lowest BCUT2D eigenvalue weighted by Crippen LogP contribution is -2.42. The van der Waals surface area contributed by atoms with E-state index in [4.69, 9.17) is 4.74 Å². The summed E-state index contributed by atoms with van der Waals surface area (Å²) < 4.78 is 5.59. The second-order valence-electron chi connectivity index (χ2n) is 8.96. The number of hydrogen-bond donors (Lipinski definition) is 2. The summed E-state index contributed by atoms with van der Waals surface area (Å²) in [7, 11) is 0. The van der Waals surface area contributed by atoms with E-state index in [1.807, 2.05) is 24.3 Å². The molecule has 1 heterocycles. The highest BCUT2D eigenvalue weighted by Crippen LogP contribution is 2.44. The fraction of sp³-hybridized carbons (Fsp3) is 0.250. The first kappa shape index (κ1) is 22.7. The summed E-state index contributed by atoms with van der Waals surface area (Å²) >= 11 is 0. The second-order valence-corrected chi connectivity index (χ2v) is 8.96. The predicted octanol–water partition coefficient (Wildman–Crippen LogP) is 4.98. The van der Waals surface area contributed by atoms with Crippen LogP contribution in [0, 0.1) is 5.92 Å². The number of carbonyl (C=O) groups excluding carboxylic acids is 2. The third-order valence-corrected chi connectivity index (χ3v) is 6.76. The smallest absolute Gasteiger partial charge is 0.411 e. The Morgan fingerprint density at radius 3 is 2.31 bits per heavy atom. The maximum atomic E-state index is 12.9. The van der Waals surface area contributed by atoms with Gasteiger partial charge in [-0.25, -0.2) is 4.79 Å². The molecule has 0 spiro atoms. The number of amides is 2. The van der Waals surface area contributed by atoms with Gasteiger partial charge in [0.1, 0.15) is 6.61 Å². The number of benzene rings is 3. The van der Waals surface area contributed by atoms with E-state index in [1.165, 1.54) is 0 Å². The number of nitrogens with zero attached hydrogens (tertiary/aromatic N) is 1. The van der Waals surface area contributed by atoms with Crippen molar-refractivity contribution in [2.75, 3.05) is 25.0 Å². The van der Waals surface area contributed by atoms with Crippen LogP contribution in [0.25, 0.3) is 11.1 Å². The number of carbonyl (C=O) groups is 3. The van der Waals surface area contributed by atoms with Gasteiger partial charge in [-0.2, -0.15) is 0 Å². The fourth-order valence-corrected chi connectivity index (χ4v) is 5.03. The molecule has 0 radical (unpaired) electrons. The number of carboxylic acid groups (broad SMARTS) is 1. The minimum Gasteiger partial charge on any atom is -0.481 e. The molecule has 1 atom stereocenters. The summed E-state index contributed by atoms with van der Waals surface area (Å²) in [4.78, 5) is 38.4. The van der Waals surface area contributed by atoms with Gasteiger partial charge in [-0.05, 0) is 53.3 Å². The van der Waals surface area contributed by atoms with Gasteiger partial charge in [-0.1, -0.05) is 54.6 Å². The van der Waals surface area contributed by atoms with Gasteiger partial charge < -0.3 is 14.7 Å². The fourth-order valence-electron chi connectivity index (χ4n) is 5.03. The molecule has 1 aliphatic carbocycles. The molecule has 2 aliphatic rings. The average molecular weight is 471 g/mol. The van der Waals surface area contributed by atoms with Gasteiger partial charge in [0.05, 0.1) is 5.92 Å². The van der Waals surface area contributed by atoms with Crippen LogP contribution in [0.4, 0.5) is 10.5 Å². The Kier molecular flexibility index (Phi) is 6.23. The van der Waals surface area contributed by atoms with Crippen LogP contribution in [-0.4, -0.2) is 47.7 Å². The standard InChI is InChI=1S/C28H26N2O5/c31-26(30-14-6-8-19(16-30)27(32)33)18-7-5-9-20(15-18)29-28(34)35-17-25-23-12-3-1-10-21(23)22-11-2-4-13-24(22)25/h1-5,7,9-13,15,19,25H,6,8,14,16-17H2,(H,29,34)(H,32,33)/t19-/m1/s1. The largest absolute Gasteiger partial charge is 0.481 e. The number of aliphatic carboxylic acids is 1. The Morgan fingerprint density at radius 2 is 1.63 bits per heavy atom. The van der Waals surface area contributed by atoms with E-state index in [9.17, 15) is 19.5 Å².